The zero-order valence-electron chi connectivity index (χ0n) is 5.43. The van der Waals surface area contributed by atoms with Gasteiger partial charge in [0.1, 0.15) is 0 Å². The molecule has 0 aromatic heterocycles. The Hall–Kier alpha value is 0.310. The van der Waals surface area contributed by atoms with Gasteiger partial charge in [-0.2, -0.15) is 0 Å². The van der Waals surface area contributed by atoms with E-state index in [1.165, 1.54) is 5.04 Å². The van der Waals surface area contributed by atoms with Crippen molar-refractivity contribution in [2.75, 3.05) is 12.4 Å². The van der Waals surface area contributed by atoms with Crippen LogP contribution in [-0.4, -0.2) is 22.7 Å². The highest BCUT2D eigenvalue weighted by Gasteiger charge is 2.16. The molecule has 0 radical (unpaired) electrons. The van der Waals surface area contributed by atoms with Gasteiger partial charge in [0.15, 0.2) is 0 Å². The maximum Gasteiger partial charge on any atom is 0.0677 e. The van der Waals surface area contributed by atoms with Crippen molar-refractivity contribution in [1.29, 1.82) is 0 Å². The molecule has 3 heteroatoms. The highest BCUT2D eigenvalue weighted by Crippen LogP contribution is 2.23. The summed E-state index contributed by atoms with van der Waals surface area (Å²) < 4.78 is 0. The van der Waals surface area contributed by atoms with Gasteiger partial charge in [-0.1, -0.05) is 6.92 Å². The maximum absolute atomic E-state index is 5.64. The number of halogens is 1. The summed E-state index contributed by atoms with van der Waals surface area (Å²) in [5.74, 6) is 0.734. The van der Waals surface area contributed by atoms with Gasteiger partial charge < -0.3 is 0 Å². The predicted molar refractivity (Wildman–Crippen MR) is 44.7 cm³/mol. The van der Waals surface area contributed by atoms with E-state index in [0.29, 0.717) is 5.25 Å². The fourth-order valence-electron chi connectivity index (χ4n) is 0.746. The topological polar surface area (TPSA) is 12.4 Å². The Kier molecular flexibility index (Phi) is 2.86. The Morgan fingerprint density at radius 2 is 2.67 bits per heavy atom. The Labute approximate surface area is 64.9 Å². The zero-order chi connectivity index (χ0) is 6.69. The number of nitrogens with zero attached hydrogens (tertiary/aromatic N) is 1. The number of alkyl halides is 1. The second kappa shape index (κ2) is 3.47. The van der Waals surface area contributed by atoms with Crippen LogP contribution in [0.2, 0.25) is 0 Å². The minimum Gasteiger partial charge on any atom is -0.282 e. The molecule has 1 nitrogen and oxygen atoms in total. The predicted octanol–water partition coefficient (Wildman–Crippen LogP) is 2.15. The first kappa shape index (κ1) is 7.42. The van der Waals surface area contributed by atoms with Crippen LogP contribution in [0.1, 0.15) is 13.3 Å². The van der Waals surface area contributed by atoms with Crippen molar-refractivity contribution in [3.8, 4) is 0 Å². The molecular formula is C6H10ClNS. The van der Waals surface area contributed by atoms with E-state index in [9.17, 15) is 0 Å². The van der Waals surface area contributed by atoms with Gasteiger partial charge in [-0.05, 0) is 6.42 Å². The van der Waals surface area contributed by atoms with Crippen molar-refractivity contribution in [2.24, 2.45) is 4.99 Å². The minimum absolute atomic E-state index is 0.557. The van der Waals surface area contributed by atoms with Gasteiger partial charge in [0, 0.05) is 11.1 Å². The zero-order valence-corrected chi connectivity index (χ0v) is 7.00. The van der Waals surface area contributed by atoms with E-state index in [1.807, 2.05) is 11.8 Å². The fourth-order valence-corrected chi connectivity index (χ4v) is 1.95. The first-order chi connectivity index (χ1) is 4.36. The molecule has 0 spiro atoms. The maximum atomic E-state index is 5.64. The van der Waals surface area contributed by atoms with Crippen molar-refractivity contribution >= 4 is 28.4 Å². The first-order valence-corrected chi connectivity index (χ1v) is 4.54. The van der Waals surface area contributed by atoms with Crippen LogP contribution in [-0.2, 0) is 0 Å². The van der Waals surface area contributed by atoms with Crippen LogP contribution < -0.4 is 0 Å². The monoisotopic (exact) mass is 163 g/mol. The quantitative estimate of drug-likeness (QED) is 0.569. The van der Waals surface area contributed by atoms with E-state index in [2.05, 4.69) is 11.9 Å². The highest BCUT2D eigenvalue weighted by molar-refractivity contribution is 8.14. The largest absolute Gasteiger partial charge is 0.282 e. The fraction of sp³-hybridized carbons (Fsp3) is 0.833. The lowest BCUT2D eigenvalue weighted by Gasteiger charge is -1.99. The lowest BCUT2D eigenvalue weighted by Crippen LogP contribution is -2.03. The normalized spacial score (nSPS) is 26.4. The third-order valence-electron chi connectivity index (χ3n) is 1.25. The summed E-state index contributed by atoms with van der Waals surface area (Å²) >= 11 is 7.46. The van der Waals surface area contributed by atoms with E-state index in [0.717, 1.165) is 18.8 Å². The molecule has 0 aliphatic carbocycles. The molecule has 1 aliphatic heterocycles. The smallest absolute Gasteiger partial charge is 0.0677 e. The van der Waals surface area contributed by atoms with Crippen LogP contribution in [0.4, 0.5) is 0 Å². The SMILES string of the molecule is CCC1=NCC(CCl)S1. The van der Waals surface area contributed by atoms with Crippen molar-refractivity contribution in [3.63, 3.8) is 0 Å². The Morgan fingerprint density at radius 1 is 1.89 bits per heavy atom. The summed E-state index contributed by atoms with van der Waals surface area (Å²) in [6.07, 6.45) is 1.07. The van der Waals surface area contributed by atoms with Gasteiger partial charge in [-0.3, -0.25) is 4.99 Å². The number of aliphatic imine (C=N–C) groups is 1. The molecule has 0 amide bonds. The van der Waals surface area contributed by atoms with Crippen LogP contribution >= 0.6 is 23.4 Å². The van der Waals surface area contributed by atoms with Crippen LogP contribution in [0, 0.1) is 0 Å². The molecule has 0 bridgehead atoms. The molecule has 1 heterocycles. The second-order valence-electron chi connectivity index (χ2n) is 1.98. The molecule has 52 valence electrons. The summed E-state index contributed by atoms with van der Waals surface area (Å²) in [4.78, 5) is 4.30. The Balaban J connectivity index is 2.31. The third-order valence-corrected chi connectivity index (χ3v) is 3.14. The van der Waals surface area contributed by atoms with E-state index in [1.54, 1.807) is 0 Å². The van der Waals surface area contributed by atoms with Gasteiger partial charge in [-0.25, -0.2) is 0 Å². The number of hydrogen-bond donors (Lipinski definition) is 0. The molecule has 9 heavy (non-hydrogen) atoms. The van der Waals surface area contributed by atoms with Crippen molar-refractivity contribution in [1.82, 2.24) is 0 Å². The summed E-state index contributed by atoms with van der Waals surface area (Å²) in [7, 11) is 0. The lowest BCUT2D eigenvalue weighted by molar-refractivity contribution is 0.980. The van der Waals surface area contributed by atoms with Crippen LogP contribution in [0.5, 0.6) is 0 Å². The molecule has 0 fully saturated rings. The van der Waals surface area contributed by atoms with Crippen molar-refractivity contribution < 1.29 is 0 Å². The molecule has 0 aromatic carbocycles. The molecule has 0 aromatic rings. The summed E-state index contributed by atoms with van der Waals surface area (Å²) in [6, 6.07) is 0. The van der Waals surface area contributed by atoms with Gasteiger partial charge in [0.25, 0.3) is 0 Å². The highest BCUT2D eigenvalue weighted by atomic mass is 35.5. The van der Waals surface area contributed by atoms with Crippen molar-refractivity contribution in [3.05, 3.63) is 0 Å². The van der Waals surface area contributed by atoms with E-state index in [-0.39, 0.29) is 0 Å². The minimum atomic E-state index is 0.557. The van der Waals surface area contributed by atoms with Crippen LogP contribution in [0.25, 0.3) is 0 Å². The van der Waals surface area contributed by atoms with Gasteiger partial charge in [0.2, 0.25) is 0 Å². The van der Waals surface area contributed by atoms with Crippen molar-refractivity contribution in [2.45, 2.75) is 18.6 Å². The average molecular weight is 164 g/mol. The van der Waals surface area contributed by atoms with Gasteiger partial charge >= 0.3 is 0 Å². The number of hydrogen-bond acceptors (Lipinski definition) is 2. The van der Waals surface area contributed by atoms with Crippen LogP contribution in [0.3, 0.4) is 0 Å². The van der Waals surface area contributed by atoms with E-state index >= 15 is 0 Å². The van der Waals surface area contributed by atoms with E-state index < -0.39 is 0 Å². The number of rotatable bonds is 2. The summed E-state index contributed by atoms with van der Waals surface area (Å²) in [5.41, 5.74) is 0. The molecule has 0 saturated heterocycles. The van der Waals surface area contributed by atoms with E-state index in [4.69, 9.17) is 11.6 Å². The van der Waals surface area contributed by atoms with Crippen LogP contribution in [0.15, 0.2) is 4.99 Å². The first-order valence-electron chi connectivity index (χ1n) is 3.12. The standard InChI is InChI=1S/C6H10ClNS/c1-2-6-8-4-5(3-7)9-6/h5H,2-4H2,1H3. The number of thioether (sulfide) groups is 1. The van der Waals surface area contributed by atoms with Gasteiger partial charge in [0.05, 0.1) is 11.6 Å². The summed E-state index contributed by atoms with van der Waals surface area (Å²) in [5, 5.41) is 1.82. The average Bonchev–Trinajstić information content (AvgIpc) is 2.34. The molecule has 0 N–H and O–H groups in total. The molecule has 1 unspecified atom stereocenters. The molecule has 0 saturated carbocycles. The molecule has 1 rings (SSSR count). The molecule has 1 atom stereocenters. The van der Waals surface area contributed by atoms with Gasteiger partial charge in [-0.15, -0.1) is 23.4 Å². The third kappa shape index (κ3) is 1.87. The Morgan fingerprint density at radius 3 is 3.00 bits per heavy atom. The second-order valence-corrected chi connectivity index (χ2v) is 3.66. The summed E-state index contributed by atoms with van der Waals surface area (Å²) in [6.45, 7) is 3.06. The Bertz CT molecular complexity index is 124. The molecule has 1 aliphatic rings. The lowest BCUT2D eigenvalue weighted by atomic mass is 10.5. The molecular weight excluding hydrogens is 154 g/mol.